The molecule has 0 atom stereocenters. The SMILES string of the molecule is CC(C)(C)c1cc(/C=C2\CNNC2=O)c2ccccc2c1. The van der Waals surface area contributed by atoms with Crippen molar-refractivity contribution >= 4 is 22.8 Å². The number of hydrogen-bond acceptors (Lipinski definition) is 2. The third kappa shape index (κ3) is 2.69. The van der Waals surface area contributed by atoms with E-state index in [0.717, 1.165) is 11.1 Å². The van der Waals surface area contributed by atoms with E-state index in [1.54, 1.807) is 0 Å². The van der Waals surface area contributed by atoms with Gasteiger partial charge >= 0.3 is 0 Å². The molecular weight excluding hydrogens is 260 g/mol. The zero-order valence-electron chi connectivity index (χ0n) is 12.7. The van der Waals surface area contributed by atoms with Crippen molar-refractivity contribution in [1.82, 2.24) is 10.9 Å². The lowest BCUT2D eigenvalue weighted by Crippen LogP contribution is -2.25. The summed E-state index contributed by atoms with van der Waals surface area (Å²) >= 11 is 0. The van der Waals surface area contributed by atoms with E-state index in [9.17, 15) is 4.79 Å². The Labute approximate surface area is 125 Å². The molecule has 0 saturated carbocycles. The van der Waals surface area contributed by atoms with Crippen LogP contribution < -0.4 is 10.9 Å². The molecule has 108 valence electrons. The predicted molar refractivity (Wildman–Crippen MR) is 86.8 cm³/mol. The molecule has 21 heavy (non-hydrogen) atoms. The van der Waals surface area contributed by atoms with E-state index in [1.165, 1.54) is 16.3 Å². The minimum atomic E-state index is -0.0414. The Kier molecular flexibility index (Phi) is 3.30. The number of fused-ring (bicyclic) bond motifs is 1. The largest absolute Gasteiger partial charge is 0.287 e. The van der Waals surface area contributed by atoms with Crippen LogP contribution in [0.15, 0.2) is 42.0 Å². The van der Waals surface area contributed by atoms with E-state index < -0.39 is 0 Å². The minimum Gasteiger partial charge on any atom is -0.287 e. The molecule has 0 unspecified atom stereocenters. The molecule has 0 bridgehead atoms. The smallest absolute Gasteiger partial charge is 0.262 e. The Balaban J connectivity index is 2.22. The summed E-state index contributed by atoms with van der Waals surface area (Å²) in [5, 5.41) is 2.39. The molecule has 3 nitrogen and oxygen atoms in total. The molecule has 3 heteroatoms. The maximum absolute atomic E-state index is 11.8. The fraction of sp³-hybridized carbons (Fsp3) is 0.278. The summed E-state index contributed by atoms with van der Waals surface area (Å²) in [6, 6.07) is 12.8. The minimum absolute atomic E-state index is 0.0414. The average molecular weight is 280 g/mol. The zero-order valence-corrected chi connectivity index (χ0v) is 12.7. The van der Waals surface area contributed by atoms with Gasteiger partial charge in [0.1, 0.15) is 0 Å². The maximum atomic E-state index is 11.8. The normalized spacial score (nSPS) is 17.5. The van der Waals surface area contributed by atoms with E-state index in [0.29, 0.717) is 6.54 Å². The van der Waals surface area contributed by atoms with E-state index >= 15 is 0 Å². The van der Waals surface area contributed by atoms with Gasteiger partial charge in [0.25, 0.3) is 5.91 Å². The fourth-order valence-corrected chi connectivity index (χ4v) is 2.58. The van der Waals surface area contributed by atoms with Gasteiger partial charge in [-0.25, -0.2) is 5.43 Å². The number of hydrogen-bond donors (Lipinski definition) is 2. The maximum Gasteiger partial charge on any atom is 0.262 e. The lowest BCUT2D eigenvalue weighted by atomic mass is 9.84. The molecular formula is C18H20N2O. The van der Waals surface area contributed by atoms with E-state index in [1.807, 2.05) is 12.1 Å². The molecule has 2 aromatic carbocycles. The molecule has 2 N–H and O–H groups in total. The van der Waals surface area contributed by atoms with Gasteiger partial charge in [0.2, 0.25) is 0 Å². The van der Waals surface area contributed by atoms with Gasteiger partial charge in [-0.2, -0.15) is 0 Å². The third-order valence-corrected chi connectivity index (χ3v) is 3.86. The van der Waals surface area contributed by atoms with Crippen LogP contribution in [0, 0.1) is 0 Å². The second kappa shape index (κ2) is 5.01. The van der Waals surface area contributed by atoms with Gasteiger partial charge in [-0.1, -0.05) is 57.2 Å². The summed E-state index contributed by atoms with van der Waals surface area (Å²) in [5.74, 6) is -0.0414. The topological polar surface area (TPSA) is 41.1 Å². The monoisotopic (exact) mass is 280 g/mol. The standard InChI is InChI=1S/C18H20N2O/c1-18(2,3)15-9-12-6-4-5-7-16(12)13(10-15)8-14-11-19-20-17(14)21/h4-10,19H,11H2,1-3H3,(H,20,21)/b14-8+. The Morgan fingerprint density at radius 3 is 2.57 bits per heavy atom. The first-order valence-electron chi connectivity index (χ1n) is 7.22. The van der Waals surface area contributed by atoms with Crippen LogP contribution in [0.4, 0.5) is 0 Å². The van der Waals surface area contributed by atoms with Gasteiger partial charge in [0.15, 0.2) is 0 Å². The average Bonchev–Trinajstić information content (AvgIpc) is 2.83. The summed E-state index contributed by atoms with van der Waals surface area (Å²) in [6.45, 7) is 7.18. The zero-order chi connectivity index (χ0) is 15.0. The van der Waals surface area contributed by atoms with Crippen LogP contribution in [-0.4, -0.2) is 12.5 Å². The van der Waals surface area contributed by atoms with Gasteiger partial charge in [0, 0.05) is 12.1 Å². The van der Waals surface area contributed by atoms with Crippen molar-refractivity contribution in [2.24, 2.45) is 0 Å². The highest BCUT2D eigenvalue weighted by atomic mass is 16.2. The molecule has 2 aromatic rings. The van der Waals surface area contributed by atoms with Gasteiger partial charge < -0.3 is 0 Å². The lowest BCUT2D eigenvalue weighted by Gasteiger charge is -2.21. The number of nitrogens with one attached hydrogen (secondary N) is 2. The lowest BCUT2D eigenvalue weighted by molar-refractivity contribution is -0.116. The van der Waals surface area contributed by atoms with Crippen molar-refractivity contribution in [3.05, 3.63) is 53.1 Å². The van der Waals surface area contributed by atoms with Crippen molar-refractivity contribution in [2.75, 3.05) is 6.54 Å². The van der Waals surface area contributed by atoms with Crippen LogP contribution in [0.25, 0.3) is 16.8 Å². The molecule has 0 aromatic heterocycles. The van der Waals surface area contributed by atoms with Crippen LogP contribution in [0.5, 0.6) is 0 Å². The molecule has 1 amide bonds. The third-order valence-electron chi connectivity index (χ3n) is 3.86. The van der Waals surface area contributed by atoms with Gasteiger partial charge in [-0.3, -0.25) is 10.2 Å². The van der Waals surface area contributed by atoms with Crippen LogP contribution in [0.2, 0.25) is 0 Å². The number of carbonyl (C=O) groups excluding carboxylic acids is 1. The first kappa shape index (κ1) is 13.8. The van der Waals surface area contributed by atoms with E-state index in [2.05, 4.69) is 62.0 Å². The molecule has 0 radical (unpaired) electrons. The predicted octanol–water partition coefficient (Wildman–Crippen LogP) is 3.16. The highest BCUT2D eigenvalue weighted by Crippen LogP contribution is 2.30. The van der Waals surface area contributed by atoms with Crippen molar-refractivity contribution in [3.63, 3.8) is 0 Å². The number of benzene rings is 2. The Morgan fingerprint density at radius 2 is 1.90 bits per heavy atom. The van der Waals surface area contributed by atoms with Crippen LogP contribution in [-0.2, 0) is 10.2 Å². The molecule has 0 spiro atoms. The molecule has 3 rings (SSSR count). The summed E-state index contributed by atoms with van der Waals surface area (Å²) in [7, 11) is 0. The quantitative estimate of drug-likeness (QED) is 0.788. The summed E-state index contributed by atoms with van der Waals surface area (Å²) in [6.07, 6.45) is 1.99. The number of rotatable bonds is 1. The van der Waals surface area contributed by atoms with Gasteiger partial charge in [0.05, 0.1) is 0 Å². The fourth-order valence-electron chi connectivity index (χ4n) is 2.58. The van der Waals surface area contributed by atoms with Crippen LogP contribution in [0.3, 0.4) is 0 Å². The second-order valence-electron chi connectivity index (χ2n) is 6.51. The molecule has 1 saturated heterocycles. The highest BCUT2D eigenvalue weighted by molar-refractivity contribution is 6.02. The number of amides is 1. The first-order valence-corrected chi connectivity index (χ1v) is 7.22. The summed E-state index contributed by atoms with van der Waals surface area (Å²) in [5.41, 5.74) is 8.72. The highest BCUT2D eigenvalue weighted by Gasteiger charge is 2.18. The van der Waals surface area contributed by atoms with Crippen molar-refractivity contribution in [3.8, 4) is 0 Å². The molecule has 0 aliphatic carbocycles. The van der Waals surface area contributed by atoms with Gasteiger partial charge in [-0.05, 0) is 33.4 Å². The number of carbonyl (C=O) groups is 1. The second-order valence-corrected chi connectivity index (χ2v) is 6.51. The Bertz CT molecular complexity index is 738. The van der Waals surface area contributed by atoms with Crippen molar-refractivity contribution in [1.29, 1.82) is 0 Å². The number of hydrazine groups is 1. The molecule has 1 aliphatic rings. The molecule has 1 heterocycles. The Morgan fingerprint density at radius 1 is 1.14 bits per heavy atom. The summed E-state index contributed by atoms with van der Waals surface area (Å²) < 4.78 is 0. The summed E-state index contributed by atoms with van der Waals surface area (Å²) in [4.78, 5) is 11.8. The van der Waals surface area contributed by atoms with E-state index in [4.69, 9.17) is 0 Å². The van der Waals surface area contributed by atoms with Crippen LogP contribution in [0.1, 0.15) is 31.9 Å². The molecule has 1 fully saturated rings. The van der Waals surface area contributed by atoms with Crippen molar-refractivity contribution < 1.29 is 4.79 Å². The van der Waals surface area contributed by atoms with Crippen molar-refractivity contribution in [2.45, 2.75) is 26.2 Å². The molecule has 1 aliphatic heterocycles. The van der Waals surface area contributed by atoms with Crippen LogP contribution >= 0.6 is 0 Å². The Hall–Kier alpha value is -2.13. The first-order chi connectivity index (χ1) is 9.95. The van der Waals surface area contributed by atoms with Gasteiger partial charge in [-0.15, -0.1) is 0 Å². The van der Waals surface area contributed by atoms with E-state index in [-0.39, 0.29) is 11.3 Å².